The van der Waals surface area contributed by atoms with Crippen LogP contribution in [0.15, 0.2) is 6.20 Å². The Morgan fingerprint density at radius 3 is 2.86 bits per heavy atom. The van der Waals surface area contributed by atoms with Gasteiger partial charge in [0, 0.05) is 17.8 Å². The predicted octanol–water partition coefficient (Wildman–Crippen LogP) is 0.393. The van der Waals surface area contributed by atoms with E-state index in [1.807, 2.05) is 11.3 Å². The van der Waals surface area contributed by atoms with Crippen molar-refractivity contribution >= 4 is 46.9 Å². The third-order valence-electron chi connectivity index (χ3n) is 4.02. The van der Waals surface area contributed by atoms with E-state index in [0.29, 0.717) is 6.04 Å². The van der Waals surface area contributed by atoms with Gasteiger partial charge in [-0.1, -0.05) is 22.6 Å². The van der Waals surface area contributed by atoms with Crippen molar-refractivity contribution in [3.8, 4) is 0 Å². The fraction of sp³-hybridized carbons (Fsp3) is 0.615. The highest BCUT2D eigenvalue weighted by Crippen LogP contribution is 2.17. The summed E-state index contributed by atoms with van der Waals surface area (Å²) in [5.74, 6) is 1.79. The standard InChI is InChI=1S/C13H20BIN6/c1-9-18-19-13-12(16-10-3-5-20(2)6-4-10)17-11(14-8-15)7-21(9)13/h7,10,14H,3-6,8H2,1-2H3,(H,16,17). The highest BCUT2D eigenvalue weighted by molar-refractivity contribution is 14.1. The number of anilines is 1. The molecule has 1 aliphatic rings. The molecule has 3 heterocycles. The van der Waals surface area contributed by atoms with Gasteiger partial charge in [-0.05, 0) is 44.2 Å². The van der Waals surface area contributed by atoms with Crippen molar-refractivity contribution in [1.82, 2.24) is 24.5 Å². The van der Waals surface area contributed by atoms with E-state index in [1.54, 1.807) is 0 Å². The first-order valence-corrected chi connectivity index (χ1v) is 8.92. The molecule has 0 unspecified atom stereocenters. The molecule has 2 aromatic heterocycles. The number of aryl methyl sites for hydroxylation is 1. The van der Waals surface area contributed by atoms with Gasteiger partial charge in [-0.25, -0.2) is 4.98 Å². The average Bonchev–Trinajstić information content (AvgIpc) is 2.84. The Morgan fingerprint density at radius 2 is 2.14 bits per heavy atom. The summed E-state index contributed by atoms with van der Waals surface area (Å²) in [6.07, 6.45) is 4.35. The molecule has 1 aliphatic heterocycles. The number of hydrogen-bond acceptors (Lipinski definition) is 5. The molecule has 0 aliphatic carbocycles. The summed E-state index contributed by atoms with van der Waals surface area (Å²) in [6, 6.07) is 0.476. The zero-order valence-corrected chi connectivity index (χ0v) is 14.7. The Kier molecular flexibility index (Phi) is 4.63. The summed E-state index contributed by atoms with van der Waals surface area (Å²) >= 11 is 2.38. The van der Waals surface area contributed by atoms with E-state index in [-0.39, 0.29) is 0 Å². The lowest BCUT2D eigenvalue weighted by atomic mass is 9.78. The first-order chi connectivity index (χ1) is 10.2. The second kappa shape index (κ2) is 6.47. The number of piperidine rings is 1. The SMILES string of the molecule is Cc1nnc2c(NC3CCN(C)CC3)nc(BCI)cn12. The van der Waals surface area contributed by atoms with Crippen LogP contribution < -0.4 is 10.9 Å². The van der Waals surface area contributed by atoms with Gasteiger partial charge in [0.05, 0.1) is 0 Å². The first-order valence-electron chi connectivity index (χ1n) is 7.39. The van der Waals surface area contributed by atoms with Gasteiger partial charge in [0.1, 0.15) is 5.82 Å². The van der Waals surface area contributed by atoms with Gasteiger partial charge in [-0.3, -0.25) is 4.40 Å². The molecule has 0 radical (unpaired) electrons. The Morgan fingerprint density at radius 1 is 1.38 bits per heavy atom. The molecule has 112 valence electrons. The zero-order valence-electron chi connectivity index (χ0n) is 12.5. The fourth-order valence-electron chi connectivity index (χ4n) is 2.72. The van der Waals surface area contributed by atoms with E-state index >= 15 is 0 Å². The molecule has 1 saturated heterocycles. The lowest BCUT2D eigenvalue weighted by molar-refractivity contribution is 0.263. The van der Waals surface area contributed by atoms with Gasteiger partial charge in [0.25, 0.3) is 0 Å². The number of nitrogens with one attached hydrogen (secondary N) is 1. The van der Waals surface area contributed by atoms with Crippen LogP contribution in [0, 0.1) is 6.92 Å². The molecule has 0 bridgehead atoms. The quantitative estimate of drug-likeness (QED) is 0.459. The lowest BCUT2D eigenvalue weighted by Gasteiger charge is -2.29. The zero-order chi connectivity index (χ0) is 14.8. The van der Waals surface area contributed by atoms with Gasteiger partial charge in [-0.15, -0.1) is 10.2 Å². The fourth-order valence-corrected chi connectivity index (χ4v) is 3.27. The minimum atomic E-state index is 0.476. The number of likely N-dealkylation sites (tertiary alicyclic amines) is 1. The largest absolute Gasteiger partial charge is 0.364 e. The molecule has 3 rings (SSSR count). The third kappa shape index (κ3) is 3.31. The number of hydrogen-bond donors (Lipinski definition) is 1. The van der Waals surface area contributed by atoms with Crippen LogP contribution in [0.3, 0.4) is 0 Å². The second-order valence-electron chi connectivity index (χ2n) is 5.68. The topological polar surface area (TPSA) is 58.4 Å². The highest BCUT2D eigenvalue weighted by atomic mass is 127. The summed E-state index contributed by atoms with van der Waals surface area (Å²) < 4.78 is 3.11. The van der Waals surface area contributed by atoms with E-state index in [4.69, 9.17) is 4.98 Å². The summed E-state index contributed by atoms with van der Waals surface area (Å²) in [5, 5.41) is 12.1. The van der Waals surface area contributed by atoms with Crippen molar-refractivity contribution in [3.05, 3.63) is 12.0 Å². The smallest absolute Gasteiger partial charge is 0.203 e. The molecule has 6 nitrogen and oxygen atoms in total. The number of nitrogens with zero attached hydrogens (tertiary/aromatic N) is 5. The molecule has 0 spiro atoms. The monoisotopic (exact) mass is 398 g/mol. The first kappa shape index (κ1) is 15.0. The molecule has 0 aromatic carbocycles. The Labute approximate surface area is 139 Å². The van der Waals surface area contributed by atoms with E-state index < -0.39 is 0 Å². The maximum atomic E-state index is 4.76. The normalized spacial score (nSPS) is 17.3. The maximum absolute atomic E-state index is 4.76. The number of alkyl halides is 1. The molecule has 21 heavy (non-hydrogen) atoms. The van der Waals surface area contributed by atoms with Crippen LogP contribution in [0.1, 0.15) is 18.7 Å². The number of rotatable bonds is 4. The Bertz CT molecular complexity index is 622. The summed E-state index contributed by atoms with van der Waals surface area (Å²) in [5.41, 5.74) is 1.93. The minimum absolute atomic E-state index is 0.476. The maximum Gasteiger partial charge on any atom is 0.203 e. The average molecular weight is 398 g/mol. The molecule has 8 heteroatoms. The van der Waals surface area contributed by atoms with Gasteiger partial charge in [0.2, 0.25) is 5.65 Å². The molecule has 1 fully saturated rings. The predicted molar refractivity (Wildman–Crippen MR) is 95.3 cm³/mol. The van der Waals surface area contributed by atoms with E-state index in [0.717, 1.165) is 60.4 Å². The number of halogens is 1. The molecule has 0 saturated carbocycles. The van der Waals surface area contributed by atoms with Crippen molar-refractivity contribution in [2.75, 3.05) is 29.8 Å². The van der Waals surface area contributed by atoms with Crippen LogP contribution in [0.25, 0.3) is 5.65 Å². The Balaban J connectivity index is 1.89. The molecular weight excluding hydrogens is 378 g/mol. The van der Waals surface area contributed by atoms with Crippen LogP contribution in [0.4, 0.5) is 5.82 Å². The van der Waals surface area contributed by atoms with Crippen molar-refractivity contribution in [3.63, 3.8) is 0 Å². The van der Waals surface area contributed by atoms with Crippen molar-refractivity contribution in [1.29, 1.82) is 0 Å². The van der Waals surface area contributed by atoms with Gasteiger partial charge in [-0.2, -0.15) is 0 Å². The lowest BCUT2D eigenvalue weighted by Crippen LogP contribution is -2.37. The van der Waals surface area contributed by atoms with Crippen molar-refractivity contribution in [2.45, 2.75) is 25.8 Å². The highest BCUT2D eigenvalue weighted by Gasteiger charge is 2.19. The van der Waals surface area contributed by atoms with E-state index in [9.17, 15) is 0 Å². The number of fused-ring (bicyclic) bond motifs is 1. The summed E-state index contributed by atoms with van der Waals surface area (Å²) in [6.45, 7) is 4.24. The summed E-state index contributed by atoms with van der Waals surface area (Å²) in [4.78, 5) is 7.13. The van der Waals surface area contributed by atoms with E-state index in [2.05, 4.69) is 56.2 Å². The second-order valence-corrected chi connectivity index (χ2v) is 6.76. The molecule has 1 N–H and O–H groups in total. The van der Waals surface area contributed by atoms with Gasteiger partial charge >= 0.3 is 0 Å². The van der Waals surface area contributed by atoms with Gasteiger partial charge in [0.15, 0.2) is 13.1 Å². The molecule has 2 aromatic rings. The molecule has 0 atom stereocenters. The van der Waals surface area contributed by atoms with E-state index in [1.165, 1.54) is 0 Å². The van der Waals surface area contributed by atoms with Crippen LogP contribution in [-0.4, -0.2) is 62.3 Å². The van der Waals surface area contributed by atoms with Crippen LogP contribution in [0.5, 0.6) is 0 Å². The Hall–Kier alpha value is -0.895. The van der Waals surface area contributed by atoms with Gasteiger partial charge < -0.3 is 10.2 Å². The van der Waals surface area contributed by atoms with Crippen LogP contribution in [-0.2, 0) is 0 Å². The van der Waals surface area contributed by atoms with Crippen LogP contribution >= 0.6 is 22.6 Å². The van der Waals surface area contributed by atoms with Crippen molar-refractivity contribution < 1.29 is 0 Å². The van der Waals surface area contributed by atoms with Crippen LogP contribution in [0.2, 0.25) is 0 Å². The van der Waals surface area contributed by atoms with Crippen molar-refractivity contribution in [2.24, 2.45) is 0 Å². The minimum Gasteiger partial charge on any atom is -0.364 e. The summed E-state index contributed by atoms with van der Waals surface area (Å²) in [7, 11) is 3.14. The third-order valence-corrected chi connectivity index (χ3v) is 4.56. The molecular formula is C13H20BIN6. The molecule has 0 amide bonds. The number of aromatic nitrogens is 4.